The van der Waals surface area contributed by atoms with Crippen LogP contribution in [0.1, 0.15) is 27.2 Å². The molecule has 0 aromatic rings. The van der Waals surface area contributed by atoms with Crippen molar-refractivity contribution in [2.45, 2.75) is 27.2 Å². The molecule has 73 valence electrons. The van der Waals surface area contributed by atoms with Gasteiger partial charge in [-0.2, -0.15) is 0 Å². The third-order valence-electron chi connectivity index (χ3n) is 1.62. The first-order chi connectivity index (χ1) is 5.81. The summed E-state index contributed by atoms with van der Waals surface area (Å²) in [5, 5.41) is 0. The molecule has 0 aromatic heterocycles. The van der Waals surface area contributed by atoms with E-state index in [0.717, 1.165) is 32.8 Å². The Morgan fingerprint density at radius 1 is 1.17 bits per heavy atom. The van der Waals surface area contributed by atoms with E-state index in [1.807, 2.05) is 13.8 Å². The van der Waals surface area contributed by atoms with E-state index in [-0.39, 0.29) is 0 Å². The van der Waals surface area contributed by atoms with Gasteiger partial charge in [0, 0.05) is 26.4 Å². The first kappa shape index (κ1) is 11.9. The molecule has 0 aromatic carbocycles. The SMILES string of the molecule is CCOCC[CH]C(C)COCC. The van der Waals surface area contributed by atoms with E-state index >= 15 is 0 Å². The average Bonchev–Trinajstić information content (AvgIpc) is 2.09. The minimum atomic E-state index is 0.547. The van der Waals surface area contributed by atoms with Crippen LogP contribution in [0.3, 0.4) is 0 Å². The third kappa shape index (κ3) is 8.02. The molecule has 1 unspecified atom stereocenters. The molecule has 0 fully saturated rings. The monoisotopic (exact) mass is 173 g/mol. The number of ether oxygens (including phenoxy) is 2. The lowest BCUT2D eigenvalue weighted by atomic mass is 10.1. The average molecular weight is 173 g/mol. The van der Waals surface area contributed by atoms with Crippen molar-refractivity contribution in [1.29, 1.82) is 0 Å². The first-order valence-corrected chi connectivity index (χ1v) is 4.80. The largest absolute Gasteiger partial charge is 0.382 e. The van der Waals surface area contributed by atoms with Gasteiger partial charge in [0.1, 0.15) is 0 Å². The molecule has 0 saturated heterocycles. The maximum Gasteiger partial charge on any atom is 0.0494 e. The van der Waals surface area contributed by atoms with Gasteiger partial charge in [-0.15, -0.1) is 0 Å². The summed E-state index contributed by atoms with van der Waals surface area (Å²) in [5.74, 6) is 0.547. The van der Waals surface area contributed by atoms with E-state index in [1.165, 1.54) is 0 Å². The van der Waals surface area contributed by atoms with E-state index in [1.54, 1.807) is 0 Å². The Balaban J connectivity index is 3.02. The van der Waals surface area contributed by atoms with Gasteiger partial charge in [-0.05, 0) is 32.6 Å². The maximum atomic E-state index is 5.28. The van der Waals surface area contributed by atoms with Crippen molar-refractivity contribution in [2.75, 3.05) is 26.4 Å². The highest BCUT2D eigenvalue weighted by molar-refractivity contribution is 4.71. The van der Waals surface area contributed by atoms with Crippen LogP contribution in [0.5, 0.6) is 0 Å². The van der Waals surface area contributed by atoms with E-state index in [4.69, 9.17) is 9.47 Å². The van der Waals surface area contributed by atoms with Crippen LogP contribution in [0.25, 0.3) is 0 Å². The van der Waals surface area contributed by atoms with Gasteiger partial charge in [0.15, 0.2) is 0 Å². The summed E-state index contributed by atoms with van der Waals surface area (Å²) < 4.78 is 10.5. The fraction of sp³-hybridized carbons (Fsp3) is 0.900. The summed E-state index contributed by atoms with van der Waals surface area (Å²) in [6.45, 7) is 9.51. The molecule has 0 rings (SSSR count). The summed E-state index contributed by atoms with van der Waals surface area (Å²) >= 11 is 0. The zero-order valence-electron chi connectivity index (χ0n) is 8.51. The summed E-state index contributed by atoms with van der Waals surface area (Å²) in [6.07, 6.45) is 3.29. The minimum Gasteiger partial charge on any atom is -0.382 e. The molecule has 0 spiro atoms. The van der Waals surface area contributed by atoms with Gasteiger partial charge in [0.2, 0.25) is 0 Å². The molecule has 0 aliphatic heterocycles. The van der Waals surface area contributed by atoms with Crippen molar-refractivity contribution in [2.24, 2.45) is 5.92 Å². The van der Waals surface area contributed by atoms with Crippen LogP contribution < -0.4 is 0 Å². The smallest absolute Gasteiger partial charge is 0.0494 e. The lowest BCUT2D eigenvalue weighted by Gasteiger charge is -2.10. The lowest BCUT2D eigenvalue weighted by molar-refractivity contribution is 0.117. The summed E-state index contributed by atoms with van der Waals surface area (Å²) in [7, 11) is 0. The van der Waals surface area contributed by atoms with Crippen LogP contribution in [0, 0.1) is 12.3 Å². The molecule has 2 heteroatoms. The van der Waals surface area contributed by atoms with Gasteiger partial charge in [-0.1, -0.05) is 6.92 Å². The molecule has 0 N–H and O–H groups in total. The van der Waals surface area contributed by atoms with Gasteiger partial charge in [0.25, 0.3) is 0 Å². The first-order valence-electron chi connectivity index (χ1n) is 4.80. The zero-order chi connectivity index (χ0) is 9.23. The Kier molecular flexibility index (Phi) is 8.95. The van der Waals surface area contributed by atoms with E-state index in [0.29, 0.717) is 5.92 Å². The lowest BCUT2D eigenvalue weighted by Crippen LogP contribution is -2.07. The highest BCUT2D eigenvalue weighted by Gasteiger charge is 2.00. The summed E-state index contributed by atoms with van der Waals surface area (Å²) in [6, 6.07) is 0. The second kappa shape index (κ2) is 9.01. The number of hydrogen-bond acceptors (Lipinski definition) is 2. The Bertz CT molecular complexity index is 83.9. The van der Waals surface area contributed by atoms with Crippen LogP contribution in [0.15, 0.2) is 0 Å². The molecule has 12 heavy (non-hydrogen) atoms. The Hall–Kier alpha value is -0.0800. The van der Waals surface area contributed by atoms with Gasteiger partial charge in [-0.3, -0.25) is 0 Å². The fourth-order valence-electron chi connectivity index (χ4n) is 0.952. The quantitative estimate of drug-likeness (QED) is 0.524. The highest BCUT2D eigenvalue weighted by atomic mass is 16.5. The van der Waals surface area contributed by atoms with Crippen molar-refractivity contribution in [3.8, 4) is 0 Å². The van der Waals surface area contributed by atoms with Crippen LogP contribution >= 0.6 is 0 Å². The van der Waals surface area contributed by atoms with Crippen LogP contribution in [-0.2, 0) is 9.47 Å². The molecule has 0 aliphatic carbocycles. The molecule has 0 aliphatic rings. The number of hydrogen-bond donors (Lipinski definition) is 0. The summed E-state index contributed by atoms with van der Waals surface area (Å²) in [4.78, 5) is 0. The van der Waals surface area contributed by atoms with E-state index in [2.05, 4.69) is 13.3 Å². The number of rotatable bonds is 8. The van der Waals surface area contributed by atoms with Gasteiger partial charge < -0.3 is 9.47 Å². The molecular formula is C10H21O2. The van der Waals surface area contributed by atoms with Gasteiger partial charge >= 0.3 is 0 Å². The van der Waals surface area contributed by atoms with E-state index < -0.39 is 0 Å². The Morgan fingerprint density at radius 2 is 1.83 bits per heavy atom. The summed E-state index contributed by atoms with van der Waals surface area (Å²) in [5.41, 5.74) is 0. The molecule has 0 amide bonds. The third-order valence-corrected chi connectivity index (χ3v) is 1.62. The molecule has 1 radical (unpaired) electrons. The van der Waals surface area contributed by atoms with Gasteiger partial charge in [0.05, 0.1) is 0 Å². The molecule has 0 saturated carbocycles. The van der Waals surface area contributed by atoms with Gasteiger partial charge in [-0.25, -0.2) is 0 Å². The predicted octanol–water partition coefficient (Wildman–Crippen LogP) is 2.29. The topological polar surface area (TPSA) is 18.5 Å². The molecule has 0 bridgehead atoms. The van der Waals surface area contributed by atoms with Crippen LogP contribution in [0.4, 0.5) is 0 Å². The normalized spacial score (nSPS) is 13.2. The van der Waals surface area contributed by atoms with E-state index in [9.17, 15) is 0 Å². The minimum absolute atomic E-state index is 0.547. The van der Waals surface area contributed by atoms with Crippen LogP contribution in [-0.4, -0.2) is 26.4 Å². The van der Waals surface area contributed by atoms with Crippen molar-refractivity contribution in [3.63, 3.8) is 0 Å². The van der Waals surface area contributed by atoms with Crippen molar-refractivity contribution in [3.05, 3.63) is 6.42 Å². The Morgan fingerprint density at radius 3 is 2.42 bits per heavy atom. The second-order valence-electron chi connectivity index (χ2n) is 2.86. The molecule has 2 nitrogen and oxygen atoms in total. The second-order valence-corrected chi connectivity index (χ2v) is 2.86. The highest BCUT2D eigenvalue weighted by Crippen LogP contribution is 2.04. The van der Waals surface area contributed by atoms with Crippen LogP contribution in [0.2, 0.25) is 0 Å². The Labute approximate surface area is 76.3 Å². The standard InChI is InChI=1S/C10H21O2/c1-4-11-8-6-7-10(3)9-12-5-2/h7,10H,4-6,8-9H2,1-3H3. The van der Waals surface area contributed by atoms with Crippen molar-refractivity contribution in [1.82, 2.24) is 0 Å². The predicted molar refractivity (Wildman–Crippen MR) is 51.1 cm³/mol. The maximum absolute atomic E-state index is 5.28. The zero-order valence-corrected chi connectivity index (χ0v) is 8.51. The molecule has 0 heterocycles. The molecule has 1 atom stereocenters. The fourth-order valence-corrected chi connectivity index (χ4v) is 0.952. The van der Waals surface area contributed by atoms with Crippen molar-refractivity contribution < 1.29 is 9.47 Å². The molecular weight excluding hydrogens is 152 g/mol. The van der Waals surface area contributed by atoms with Crippen molar-refractivity contribution >= 4 is 0 Å².